The number of nitrogen functional groups attached to an aromatic ring is 1. The van der Waals surface area contributed by atoms with Gasteiger partial charge in [-0.25, -0.2) is 8.42 Å². The Kier molecular flexibility index (Phi) is 5.11. The number of nitrogens with one attached hydrogen (secondary N) is 1. The van der Waals surface area contributed by atoms with Crippen molar-refractivity contribution in [2.75, 3.05) is 30.8 Å². The van der Waals surface area contributed by atoms with E-state index in [1.807, 2.05) is 0 Å². The van der Waals surface area contributed by atoms with Crippen molar-refractivity contribution >= 4 is 21.2 Å². The minimum atomic E-state index is -3.27. The van der Waals surface area contributed by atoms with Crippen LogP contribution in [0.3, 0.4) is 0 Å². The van der Waals surface area contributed by atoms with Crippen LogP contribution in [-0.4, -0.2) is 33.4 Å². The Morgan fingerprint density at radius 1 is 1.33 bits per heavy atom. The molecule has 6 heteroatoms. The van der Waals surface area contributed by atoms with Crippen molar-refractivity contribution < 1.29 is 13.2 Å². The summed E-state index contributed by atoms with van der Waals surface area (Å²) in [5.74, 6) is 0.545. The molecule has 0 saturated carbocycles. The number of hydrogen-bond acceptors (Lipinski definition) is 5. The van der Waals surface area contributed by atoms with Crippen LogP contribution >= 0.6 is 0 Å². The van der Waals surface area contributed by atoms with E-state index < -0.39 is 15.1 Å². The van der Waals surface area contributed by atoms with Crippen molar-refractivity contribution in [2.45, 2.75) is 36.8 Å². The fourth-order valence-electron chi connectivity index (χ4n) is 2.34. The third kappa shape index (κ3) is 3.89. The molecule has 1 heterocycles. The molecule has 1 fully saturated rings. The first-order valence-corrected chi connectivity index (χ1v) is 8.91. The number of hydrogen-bond donors (Lipinski definition) is 2. The highest BCUT2D eigenvalue weighted by atomic mass is 32.2. The lowest BCUT2D eigenvalue weighted by Crippen LogP contribution is -2.23. The SMILES string of the molecule is CC(C)S(=O)(=O)c1ccc(N)c(NCC2CCOCC2)c1. The Hall–Kier alpha value is -1.27. The quantitative estimate of drug-likeness (QED) is 0.815. The smallest absolute Gasteiger partial charge is 0.180 e. The second kappa shape index (κ2) is 6.66. The van der Waals surface area contributed by atoms with Gasteiger partial charge in [-0.3, -0.25) is 0 Å². The zero-order valence-corrected chi connectivity index (χ0v) is 13.4. The summed E-state index contributed by atoms with van der Waals surface area (Å²) in [5, 5.41) is 2.85. The lowest BCUT2D eigenvalue weighted by molar-refractivity contribution is 0.0699. The summed E-state index contributed by atoms with van der Waals surface area (Å²) in [6, 6.07) is 4.87. The zero-order chi connectivity index (χ0) is 15.5. The lowest BCUT2D eigenvalue weighted by atomic mass is 10.0. The molecule has 0 aliphatic carbocycles. The van der Waals surface area contributed by atoms with E-state index in [-0.39, 0.29) is 0 Å². The topological polar surface area (TPSA) is 81.4 Å². The minimum Gasteiger partial charge on any atom is -0.397 e. The highest BCUT2D eigenvalue weighted by Crippen LogP contribution is 2.26. The Morgan fingerprint density at radius 2 is 2.00 bits per heavy atom. The monoisotopic (exact) mass is 312 g/mol. The van der Waals surface area contributed by atoms with E-state index in [1.165, 1.54) is 0 Å². The van der Waals surface area contributed by atoms with Crippen LogP contribution in [-0.2, 0) is 14.6 Å². The van der Waals surface area contributed by atoms with E-state index in [9.17, 15) is 8.42 Å². The van der Waals surface area contributed by atoms with E-state index >= 15 is 0 Å². The first-order valence-electron chi connectivity index (χ1n) is 7.36. The molecule has 0 aromatic heterocycles. The molecule has 0 unspecified atom stereocenters. The molecule has 1 aromatic rings. The average molecular weight is 312 g/mol. The molecule has 0 amide bonds. The van der Waals surface area contributed by atoms with Crippen LogP contribution in [0.1, 0.15) is 26.7 Å². The number of anilines is 2. The molecule has 0 bridgehead atoms. The summed E-state index contributed by atoms with van der Waals surface area (Å²) in [4.78, 5) is 0.321. The molecule has 0 spiro atoms. The summed E-state index contributed by atoms with van der Waals surface area (Å²) < 4.78 is 29.8. The molecule has 3 N–H and O–H groups in total. The van der Waals surface area contributed by atoms with Gasteiger partial charge in [-0.1, -0.05) is 0 Å². The van der Waals surface area contributed by atoms with Gasteiger partial charge in [0, 0.05) is 19.8 Å². The molecule has 0 atom stereocenters. The van der Waals surface area contributed by atoms with Crippen molar-refractivity contribution in [3.8, 4) is 0 Å². The maximum atomic E-state index is 12.2. The highest BCUT2D eigenvalue weighted by Gasteiger charge is 2.20. The average Bonchev–Trinajstić information content (AvgIpc) is 2.47. The van der Waals surface area contributed by atoms with Crippen LogP contribution in [0.4, 0.5) is 11.4 Å². The van der Waals surface area contributed by atoms with Crippen molar-refractivity contribution in [3.05, 3.63) is 18.2 Å². The van der Waals surface area contributed by atoms with Crippen LogP contribution < -0.4 is 11.1 Å². The van der Waals surface area contributed by atoms with Gasteiger partial charge in [0.25, 0.3) is 0 Å². The summed E-state index contributed by atoms with van der Waals surface area (Å²) >= 11 is 0. The van der Waals surface area contributed by atoms with Crippen LogP contribution in [0.5, 0.6) is 0 Å². The van der Waals surface area contributed by atoms with E-state index in [0.29, 0.717) is 22.2 Å². The Bertz CT molecular complexity index is 579. The van der Waals surface area contributed by atoms with Crippen LogP contribution in [0.25, 0.3) is 0 Å². The van der Waals surface area contributed by atoms with E-state index in [1.54, 1.807) is 32.0 Å². The zero-order valence-electron chi connectivity index (χ0n) is 12.6. The van der Waals surface area contributed by atoms with Crippen LogP contribution in [0.2, 0.25) is 0 Å². The van der Waals surface area contributed by atoms with Gasteiger partial charge < -0.3 is 15.8 Å². The summed E-state index contributed by atoms with van der Waals surface area (Å²) in [5.41, 5.74) is 7.21. The van der Waals surface area contributed by atoms with Gasteiger partial charge in [0.2, 0.25) is 0 Å². The van der Waals surface area contributed by atoms with Gasteiger partial charge in [-0.05, 0) is 50.8 Å². The predicted octanol–water partition coefficient (Wildman–Crippen LogP) is 2.29. The number of rotatable bonds is 5. The van der Waals surface area contributed by atoms with Crippen LogP contribution in [0.15, 0.2) is 23.1 Å². The van der Waals surface area contributed by atoms with Gasteiger partial charge in [0.1, 0.15) is 0 Å². The molecule has 118 valence electrons. The normalized spacial score (nSPS) is 17.1. The van der Waals surface area contributed by atoms with Crippen molar-refractivity contribution in [1.29, 1.82) is 0 Å². The second-order valence-corrected chi connectivity index (χ2v) is 8.28. The maximum Gasteiger partial charge on any atom is 0.180 e. The minimum absolute atomic E-state index is 0.321. The Morgan fingerprint density at radius 3 is 2.62 bits per heavy atom. The standard InChI is InChI=1S/C15H24N2O3S/c1-11(2)21(18,19)13-3-4-14(16)15(9-13)17-10-12-5-7-20-8-6-12/h3-4,9,11-12,17H,5-8,10,16H2,1-2H3. The fraction of sp³-hybridized carbons (Fsp3) is 0.600. The number of nitrogens with two attached hydrogens (primary N) is 1. The molecular weight excluding hydrogens is 288 g/mol. The third-order valence-corrected chi connectivity index (χ3v) is 6.05. The Labute approximate surface area is 126 Å². The molecule has 5 nitrogen and oxygen atoms in total. The van der Waals surface area contributed by atoms with E-state index in [2.05, 4.69) is 5.32 Å². The molecule has 1 aromatic carbocycles. The molecule has 1 saturated heterocycles. The van der Waals surface area contributed by atoms with Gasteiger partial charge in [0.05, 0.1) is 21.5 Å². The van der Waals surface area contributed by atoms with Crippen molar-refractivity contribution in [1.82, 2.24) is 0 Å². The maximum absolute atomic E-state index is 12.2. The van der Waals surface area contributed by atoms with Gasteiger partial charge in [0.15, 0.2) is 9.84 Å². The van der Waals surface area contributed by atoms with Gasteiger partial charge in [-0.15, -0.1) is 0 Å². The van der Waals surface area contributed by atoms with Crippen LogP contribution in [0, 0.1) is 5.92 Å². The largest absolute Gasteiger partial charge is 0.397 e. The molecule has 1 aliphatic heterocycles. The highest BCUT2D eigenvalue weighted by molar-refractivity contribution is 7.92. The summed E-state index contributed by atoms with van der Waals surface area (Å²) in [6.07, 6.45) is 2.05. The Balaban J connectivity index is 2.12. The van der Waals surface area contributed by atoms with Gasteiger partial charge >= 0.3 is 0 Å². The van der Waals surface area contributed by atoms with Crippen molar-refractivity contribution in [3.63, 3.8) is 0 Å². The lowest BCUT2D eigenvalue weighted by Gasteiger charge is -2.23. The molecule has 21 heavy (non-hydrogen) atoms. The molecule has 1 aliphatic rings. The molecule has 2 rings (SSSR count). The molecular formula is C15H24N2O3S. The first-order chi connectivity index (χ1) is 9.91. The number of ether oxygens (including phenoxy) is 1. The summed E-state index contributed by atoms with van der Waals surface area (Å²) in [6.45, 7) is 5.74. The second-order valence-electron chi connectivity index (χ2n) is 5.78. The fourth-order valence-corrected chi connectivity index (χ4v) is 3.43. The number of sulfone groups is 1. The number of benzene rings is 1. The van der Waals surface area contributed by atoms with Gasteiger partial charge in [-0.2, -0.15) is 0 Å². The summed E-state index contributed by atoms with van der Waals surface area (Å²) in [7, 11) is -3.27. The third-order valence-electron chi connectivity index (χ3n) is 3.90. The predicted molar refractivity (Wildman–Crippen MR) is 85.2 cm³/mol. The molecule has 0 radical (unpaired) electrons. The van der Waals surface area contributed by atoms with E-state index in [4.69, 9.17) is 10.5 Å². The first kappa shape index (κ1) is 16.1. The van der Waals surface area contributed by atoms with E-state index in [0.717, 1.165) is 32.6 Å². The van der Waals surface area contributed by atoms with Crippen molar-refractivity contribution in [2.24, 2.45) is 5.92 Å².